The lowest BCUT2D eigenvalue weighted by Crippen LogP contribution is -2.07. The largest absolute Gasteiger partial charge is 0.378 e. The molecule has 0 fully saturated rings. The predicted octanol–water partition coefficient (Wildman–Crippen LogP) is 3.18. The molecule has 0 atom stereocenters. The summed E-state index contributed by atoms with van der Waals surface area (Å²) in [5, 5.41) is 0. The average Bonchev–Trinajstić information content (AvgIpc) is 2.80. The van der Waals surface area contributed by atoms with E-state index in [0.29, 0.717) is 0 Å². The molecule has 0 radical (unpaired) electrons. The number of benzene rings is 1. The van der Waals surface area contributed by atoms with Gasteiger partial charge in [-0.2, -0.15) is 0 Å². The van der Waals surface area contributed by atoms with Crippen LogP contribution in [0.15, 0.2) is 48.8 Å². The second-order valence-corrected chi connectivity index (χ2v) is 3.93. The molecule has 0 saturated heterocycles. The maximum Gasteiger partial charge on any atom is 0.0361 e. The van der Waals surface area contributed by atoms with Gasteiger partial charge in [-0.3, -0.25) is 0 Å². The SMILES string of the molecule is CN(C)c1ccc(C=Cn2cccc2)cc1. The van der Waals surface area contributed by atoms with Crippen molar-refractivity contribution in [2.75, 3.05) is 19.0 Å². The zero-order valence-electron chi connectivity index (χ0n) is 9.67. The Labute approximate surface area is 96.4 Å². The van der Waals surface area contributed by atoms with E-state index < -0.39 is 0 Å². The van der Waals surface area contributed by atoms with Gasteiger partial charge >= 0.3 is 0 Å². The van der Waals surface area contributed by atoms with Crippen LogP contribution in [0, 0.1) is 0 Å². The van der Waals surface area contributed by atoms with Crippen molar-refractivity contribution in [3.8, 4) is 0 Å². The highest BCUT2D eigenvalue weighted by Gasteiger charge is 1.93. The third-order valence-corrected chi connectivity index (χ3v) is 2.48. The van der Waals surface area contributed by atoms with E-state index in [1.807, 2.05) is 49.4 Å². The zero-order chi connectivity index (χ0) is 11.4. The van der Waals surface area contributed by atoms with Gasteiger partial charge in [-0.15, -0.1) is 0 Å². The molecule has 2 nitrogen and oxygen atoms in total. The van der Waals surface area contributed by atoms with Crippen molar-refractivity contribution in [2.45, 2.75) is 0 Å². The van der Waals surface area contributed by atoms with Gasteiger partial charge in [0.15, 0.2) is 0 Å². The Bertz CT molecular complexity index is 450. The molecule has 0 bridgehead atoms. The van der Waals surface area contributed by atoms with Gasteiger partial charge in [-0.05, 0) is 35.9 Å². The average molecular weight is 212 g/mol. The molecule has 0 N–H and O–H groups in total. The van der Waals surface area contributed by atoms with Gasteiger partial charge in [-0.25, -0.2) is 0 Å². The van der Waals surface area contributed by atoms with Crippen molar-refractivity contribution in [1.29, 1.82) is 0 Å². The molecular weight excluding hydrogens is 196 g/mol. The lowest BCUT2D eigenvalue weighted by molar-refractivity contribution is 1.13. The second-order valence-electron chi connectivity index (χ2n) is 3.93. The molecule has 0 saturated carbocycles. The number of aromatic nitrogens is 1. The molecule has 82 valence electrons. The summed E-state index contributed by atoms with van der Waals surface area (Å²) in [5.41, 5.74) is 2.43. The van der Waals surface area contributed by atoms with E-state index in [-0.39, 0.29) is 0 Å². The monoisotopic (exact) mass is 212 g/mol. The quantitative estimate of drug-likeness (QED) is 0.758. The summed E-state index contributed by atoms with van der Waals surface area (Å²) in [4.78, 5) is 2.10. The zero-order valence-corrected chi connectivity index (χ0v) is 9.67. The third-order valence-electron chi connectivity index (χ3n) is 2.48. The van der Waals surface area contributed by atoms with Gasteiger partial charge in [0.05, 0.1) is 0 Å². The minimum absolute atomic E-state index is 1.21. The topological polar surface area (TPSA) is 8.17 Å². The number of hydrogen-bond donors (Lipinski definition) is 0. The van der Waals surface area contributed by atoms with Crippen molar-refractivity contribution < 1.29 is 0 Å². The molecule has 2 heteroatoms. The highest BCUT2D eigenvalue weighted by Crippen LogP contribution is 2.13. The van der Waals surface area contributed by atoms with Crippen LogP contribution in [0.25, 0.3) is 12.3 Å². The smallest absolute Gasteiger partial charge is 0.0361 e. The Morgan fingerprint density at radius 2 is 1.62 bits per heavy atom. The molecule has 0 aliphatic heterocycles. The summed E-state index contributed by atoms with van der Waals surface area (Å²) >= 11 is 0. The lowest BCUT2D eigenvalue weighted by Gasteiger charge is -2.11. The third kappa shape index (κ3) is 2.54. The van der Waals surface area contributed by atoms with Crippen LogP contribution in [0.5, 0.6) is 0 Å². The molecule has 2 aromatic rings. The highest BCUT2D eigenvalue weighted by molar-refractivity contribution is 5.62. The highest BCUT2D eigenvalue weighted by atomic mass is 15.1. The first-order chi connectivity index (χ1) is 7.75. The van der Waals surface area contributed by atoms with Crippen LogP contribution in [0.3, 0.4) is 0 Å². The molecule has 1 aromatic heterocycles. The molecule has 1 aromatic carbocycles. The Hall–Kier alpha value is -1.96. The van der Waals surface area contributed by atoms with Crippen LogP contribution in [0.2, 0.25) is 0 Å². The number of nitrogens with zero attached hydrogens (tertiary/aromatic N) is 2. The van der Waals surface area contributed by atoms with E-state index in [1.54, 1.807) is 0 Å². The van der Waals surface area contributed by atoms with Crippen molar-refractivity contribution >= 4 is 18.0 Å². The van der Waals surface area contributed by atoms with Crippen molar-refractivity contribution in [3.63, 3.8) is 0 Å². The summed E-state index contributed by atoms with van der Waals surface area (Å²) in [5.74, 6) is 0. The first-order valence-electron chi connectivity index (χ1n) is 5.34. The van der Waals surface area contributed by atoms with E-state index in [9.17, 15) is 0 Å². The summed E-state index contributed by atoms with van der Waals surface area (Å²) in [7, 11) is 4.09. The van der Waals surface area contributed by atoms with Crippen LogP contribution in [-0.2, 0) is 0 Å². The maximum atomic E-state index is 2.12. The van der Waals surface area contributed by atoms with Crippen LogP contribution in [-0.4, -0.2) is 18.7 Å². The van der Waals surface area contributed by atoms with Gasteiger partial charge < -0.3 is 9.47 Å². The second kappa shape index (κ2) is 4.71. The first-order valence-corrected chi connectivity index (χ1v) is 5.34. The number of rotatable bonds is 3. The Kier molecular flexibility index (Phi) is 3.10. The van der Waals surface area contributed by atoms with Crippen molar-refractivity contribution in [3.05, 3.63) is 54.4 Å². The molecule has 1 heterocycles. The molecule has 0 aliphatic carbocycles. The van der Waals surface area contributed by atoms with Gasteiger partial charge in [0.1, 0.15) is 0 Å². The Balaban J connectivity index is 2.11. The summed E-state index contributed by atoms with van der Waals surface area (Å²) < 4.78 is 2.03. The lowest BCUT2D eigenvalue weighted by atomic mass is 10.2. The Morgan fingerprint density at radius 1 is 1.00 bits per heavy atom. The molecule has 0 aliphatic rings. The first kappa shape index (κ1) is 10.6. The minimum atomic E-state index is 1.21. The normalized spacial score (nSPS) is 10.9. The fourth-order valence-electron chi connectivity index (χ4n) is 1.50. The van der Waals surface area contributed by atoms with Gasteiger partial charge in [-0.1, -0.05) is 12.1 Å². The molecule has 16 heavy (non-hydrogen) atoms. The number of hydrogen-bond acceptors (Lipinski definition) is 1. The molecule has 2 rings (SSSR count). The van der Waals surface area contributed by atoms with Gasteiger partial charge in [0.2, 0.25) is 0 Å². The summed E-state index contributed by atoms with van der Waals surface area (Å²) in [6.07, 6.45) is 8.18. The molecular formula is C14H16N2. The van der Waals surface area contributed by atoms with Crippen LogP contribution >= 0.6 is 0 Å². The van der Waals surface area contributed by atoms with Gasteiger partial charge in [0, 0.05) is 38.4 Å². The standard InChI is InChI=1S/C14H16N2/c1-15(2)14-7-5-13(6-8-14)9-12-16-10-3-4-11-16/h3-12H,1-2H3. The molecule has 0 unspecified atom stereocenters. The molecule has 0 amide bonds. The summed E-state index contributed by atoms with van der Waals surface area (Å²) in [6, 6.07) is 12.5. The van der Waals surface area contributed by atoms with Crippen molar-refractivity contribution in [2.24, 2.45) is 0 Å². The van der Waals surface area contributed by atoms with Crippen molar-refractivity contribution in [1.82, 2.24) is 4.57 Å². The van der Waals surface area contributed by atoms with E-state index in [0.717, 1.165) is 0 Å². The van der Waals surface area contributed by atoms with E-state index >= 15 is 0 Å². The van der Waals surface area contributed by atoms with Crippen LogP contribution in [0.4, 0.5) is 5.69 Å². The minimum Gasteiger partial charge on any atom is -0.378 e. The van der Waals surface area contributed by atoms with E-state index in [4.69, 9.17) is 0 Å². The fourth-order valence-corrected chi connectivity index (χ4v) is 1.50. The van der Waals surface area contributed by atoms with Gasteiger partial charge in [0.25, 0.3) is 0 Å². The maximum absolute atomic E-state index is 2.12. The summed E-state index contributed by atoms with van der Waals surface area (Å²) in [6.45, 7) is 0. The van der Waals surface area contributed by atoms with Crippen LogP contribution in [0.1, 0.15) is 5.56 Å². The Morgan fingerprint density at radius 3 is 2.19 bits per heavy atom. The number of anilines is 1. The van der Waals surface area contributed by atoms with E-state index in [1.165, 1.54) is 11.3 Å². The molecule has 0 spiro atoms. The van der Waals surface area contributed by atoms with Crippen LogP contribution < -0.4 is 4.90 Å². The van der Waals surface area contributed by atoms with E-state index in [2.05, 4.69) is 35.2 Å². The fraction of sp³-hybridized carbons (Fsp3) is 0.143. The predicted molar refractivity (Wildman–Crippen MR) is 70.4 cm³/mol.